The average Bonchev–Trinajstić information content (AvgIpc) is 2.91. The summed E-state index contributed by atoms with van der Waals surface area (Å²) in [6.45, 7) is 0. The van der Waals surface area contributed by atoms with Gasteiger partial charge in [-0.05, 0) is 78.3 Å². The highest BCUT2D eigenvalue weighted by Gasteiger charge is 2.05. The molecule has 3 aromatic carbocycles. The van der Waals surface area contributed by atoms with Crippen molar-refractivity contribution in [2.24, 2.45) is 0 Å². The molecule has 2 heteroatoms. The Morgan fingerprint density at radius 3 is 2.00 bits per heavy atom. The van der Waals surface area contributed by atoms with Crippen LogP contribution in [0.1, 0.15) is 36.8 Å². The zero-order valence-corrected chi connectivity index (χ0v) is 19.5. The molecule has 0 aliphatic carbocycles. The van der Waals surface area contributed by atoms with E-state index in [1.165, 1.54) is 53.3 Å². The van der Waals surface area contributed by atoms with Crippen LogP contribution in [0, 0.1) is 0 Å². The van der Waals surface area contributed by atoms with Crippen LogP contribution in [0.5, 0.6) is 0 Å². The summed E-state index contributed by atoms with van der Waals surface area (Å²) in [5.41, 5.74) is 8.50. The maximum Gasteiger partial charge on any atom is 0.0709 e. The molecular weight excluding hydrogens is 412 g/mol. The van der Waals surface area contributed by atoms with Gasteiger partial charge in [0.15, 0.2) is 0 Å². The van der Waals surface area contributed by atoms with Gasteiger partial charge >= 0.3 is 0 Å². The molecule has 0 aliphatic rings. The number of rotatable bonds is 9. The minimum Gasteiger partial charge on any atom is -0.265 e. The van der Waals surface area contributed by atoms with Crippen LogP contribution in [0.15, 0.2) is 109 Å². The van der Waals surface area contributed by atoms with Gasteiger partial charge in [-0.15, -0.1) is 0 Å². The molecule has 0 bridgehead atoms. The third kappa shape index (κ3) is 5.58. The minimum absolute atomic E-state index is 1.01. The van der Waals surface area contributed by atoms with Gasteiger partial charge in [-0.25, -0.2) is 4.98 Å². The van der Waals surface area contributed by atoms with Gasteiger partial charge in [0.05, 0.1) is 11.2 Å². The molecule has 5 aromatic rings. The van der Waals surface area contributed by atoms with Crippen molar-refractivity contribution in [3.05, 3.63) is 121 Å². The lowest BCUT2D eigenvalue weighted by Crippen LogP contribution is -1.89. The fourth-order valence-corrected chi connectivity index (χ4v) is 4.51. The van der Waals surface area contributed by atoms with Gasteiger partial charge in [-0.2, -0.15) is 0 Å². The second-order valence-corrected chi connectivity index (χ2v) is 8.94. The van der Waals surface area contributed by atoms with E-state index in [1.807, 2.05) is 18.5 Å². The SMILES string of the molecule is c1cc(-c2ccc(CCCCCCc3ccncc3)cc2)cc(-c2ccc3ccccc3n2)c1. The number of para-hydroxylation sites is 1. The molecule has 5 rings (SSSR count). The fourth-order valence-electron chi connectivity index (χ4n) is 4.51. The number of hydrogen-bond acceptors (Lipinski definition) is 2. The van der Waals surface area contributed by atoms with Crippen molar-refractivity contribution in [3.8, 4) is 22.4 Å². The largest absolute Gasteiger partial charge is 0.265 e. The van der Waals surface area contributed by atoms with Gasteiger partial charge in [0.2, 0.25) is 0 Å². The highest BCUT2D eigenvalue weighted by molar-refractivity contribution is 5.82. The first kappa shape index (κ1) is 22.0. The second kappa shape index (κ2) is 10.9. The Kier molecular flexibility index (Phi) is 7.06. The van der Waals surface area contributed by atoms with Crippen LogP contribution in [-0.4, -0.2) is 9.97 Å². The number of nitrogens with zero attached hydrogens (tertiary/aromatic N) is 2. The van der Waals surface area contributed by atoms with E-state index >= 15 is 0 Å². The zero-order chi connectivity index (χ0) is 23.0. The smallest absolute Gasteiger partial charge is 0.0709 e. The third-order valence-corrected chi connectivity index (χ3v) is 6.47. The van der Waals surface area contributed by atoms with E-state index in [2.05, 4.69) is 96.0 Å². The van der Waals surface area contributed by atoms with Crippen LogP contribution in [0.2, 0.25) is 0 Å². The molecule has 2 aromatic heterocycles. The highest BCUT2D eigenvalue weighted by atomic mass is 14.7. The lowest BCUT2D eigenvalue weighted by molar-refractivity contribution is 0.640. The molecular formula is C32H30N2. The Labute approximate surface area is 202 Å². The van der Waals surface area contributed by atoms with Gasteiger partial charge < -0.3 is 0 Å². The van der Waals surface area contributed by atoms with E-state index in [1.54, 1.807) is 0 Å². The lowest BCUT2D eigenvalue weighted by atomic mass is 9.98. The van der Waals surface area contributed by atoms with Crippen LogP contribution in [0.3, 0.4) is 0 Å². The Hall–Kier alpha value is -3.78. The number of pyridine rings is 2. The normalized spacial score (nSPS) is 11.1. The van der Waals surface area contributed by atoms with E-state index in [0.717, 1.165) is 29.6 Å². The van der Waals surface area contributed by atoms with Crippen LogP contribution in [0.4, 0.5) is 0 Å². The summed E-state index contributed by atoms with van der Waals surface area (Å²) < 4.78 is 0. The summed E-state index contributed by atoms with van der Waals surface area (Å²) in [6, 6.07) is 34.6. The summed E-state index contributed by atoms with van der Waals surface area (Å²) in [5, 5.41) is 1.17. The zero-order valence-electron chi connectivity index (χ0n) is 19.5. The molecule has 168 valence electrons. The summed E-state index contributed by atoms with van der Waals surface area (Å²) in [4.78, 5) is 8.95. The number of aryl methyl sites for hydroxylation is 2. The fraction of sp³-hybridized carbons (Fsp3) is 0.188. The van der Waals surface area contributed by atoms with Gasteiger partial charge in [0.1, 0.15) is 0 Å². The Balaban J connectivity index is 1.16. The molecule has 0 spiro atoms. The van der Waals surface area contributed by atoms with Crippen LogP contribution in [-0.2, 0) is 12.8 Å². The molecule has 0 saturated carbocycles. The van der Waals surface area contributed by atoms with E-state index in [-0.39, 0.29) is 0 Å². The minimum atomic E-state index is 1.01. The summed E-state index contributed by atoms with van der Waals surface area (Å²) in [6.07, 6.45) is 11.2. The Morgan fingerprint density at radius 2 is 1.21 bits per heavy atom. The molecule has 0 saturated heterocycles. The number of unbranched alkanes of at least 4 members (excludes halogenated alkanes) is 3. The van der Waals surface area contributed by atoms with Crippen molar-refractivity contribution in [1.29, 1.82) is 0 Å². The standard InChI is InChI=1S/C32H30N2/c1(2-4-9-26-20-22-33-23-21-26)3-8-25-14-16-27(17-15-25)29-11-7-12-30(24-29)32-19-18-28-10-5-6-13-31(28)34-32/h5-7,10-24H,1-4,8-9H2. The van der Waals surface area contributed by atoms with Crippen molar-refractivity contribution in [2.45, 2.75) is 38.5 Å². The van der Waals surface area contributed by atoms with Crippen LogP contribution in [0.25, 0.3) is 33.3 Å². The second-order valence-electron chi connectivity index (χ2n) is 8.94. The van der Waals surface area contributed by atoms with Crippen molar-refractivity contribution in [1.82, 2.24) is 9.97 Å². The topological polar surface area (TPSA) is 25.8 Å². The molecule has 0 aliphatic heterocycles. The first-order valence-corrected chi connectivity index (χ1v) is 12.3. The molecule has 0 N–H and O–H groups in total. The Morgan fingerprint density at radius 1 is 0.500 bits per heavy atom. The number of aromatic nitrogens is 2. The van der Waals surface area contributed by atoms with Crippen molar-refractivity contribution < 1.29 is 0 Å². The Bertz CT molecular complexity index is 1340. The van der Waals surface area contributed by atoms with E-state index in [0.29, 0.717) is 0 Å². The third-order valence-electron chi connectivity index (χ3n) is 6.47. The average molecular weight is 443 g/mol. The number of fused-ring (bicyclic) bond motifs is 1. The summed E-state index contributed by atoms with van der Waals surface area (Å²) in [5.74, 6) is 0. The molecule has 0 unspecified atom stereocenters. The monoisotopic (exact) mass is 442 g/mol. The molecule has 0 amide bonds. The summed E-state index contributed by atoms with van der Waals surface area (Å²) in [7, 11) is 0. The van der Waals surface area contributed by atoms with E-state index in [4.69, 9.17) is 4.98 Å². The molecule has 0 fully saturated rings. The van der Waals surface area contributed by atoms with Crippen molar-refractivity contribution in [3.63, 3.8) is 0 Å². The van der Waals surface area contributed by atoms with Gasteiger partial charge in [-0.3, -0.25) is 4.98 Å². The highest BCUT2D eigenvalue weighted by Crippen LogP contribution is 2.27. The molecule has 2 nitrogen and oxygen atoms in total. The van der Waals surface area contributed by atoms with Crippen molar-refractivity contribution in [2.75, 3.05) is 0 Å². The predicted octanol–water partition coefficient (Wildman–Crippen LogP) is 8.31. The molecule has 0 radical (unpaired) electrons. The quantitative estimate of drug-likeness (QED) is 0.215. The van der Waals surface area contributed by atoms with E-state index in [9.17, 15) is 0 Å². The number of benzene rings is 3. The first-order valence-electron chi connectivity index (χ1n) is 12.3. The predicted molar refractivity (Wildman–Crippen MR) is 143 cm³/mol. The maximum atomic E-state index is 4.86. The first-order chi connectivity index (χ1) is 16.8. The number of hydrogen-bond donors (Lipinski definition) is 0. The van der Waals surface area contributed by atoms with Crippen molar-refractivity contribution >= 4 is 10.9 Å². The molecule has 2 heterocycles. The van der Waals surface area contributed by atoms with Gasteiger partial charge in [0, 0.05) is 23.3 Å². The maximum absolute atomic E-state index is 4.86. The molecule has 34 heavy (non-hydrogen) atoms. The van der Waals surface area contributed by atoms with Gasteiger partial charge in [-0.1, -0.05) is 79.6 Å². The van der Waals surface area contributed by atoms with Gasteiger partial charge in [0.25, 0.3) is 0 Å². The van der Waals surface area contributed by atoms with Crippen LogP contribution >= 0.6 is 0 Å². The molecule has 0 atom stereocenters. The summed E-state index contributed by atoms with van der Waals surface area (Å²) >= 11 is 0. The van der Waals surface area contributed by atoms with E-state index < -0.39 is 0 Å². The van der Waals surface area contributed by atoms with Crippen LogP contribution < -0.4 is 0 Å². The lowest BCUT2D eigenvalue weighted by Gasteiger charge is -2.08.